The zero-order valence-electron chi connectivity index (χ0n) is 8.63. The number of nitriles is 1. The molecule has 0 saturated carbocycles. The Hall–Kier alpha value is -0.550. The Morgan fingerprint density at radius 1 is 1.38 bits per heavy atom. The predicted octanol–water partition coefficient (Wildman–Crippen LogP) is 2.41. The Balaban J connectivity index is 2.15. The minimum absolute atomic E-state index is 0.714. The zero-order valence-corrected chi connectivity index (χ0v) is 8.63. The second kappa shape index (κ2) is 5.99. The highest BCUT2D eigenvalue weighted by molar-refractivity contribution is 4.72. The average molecular weight is 180 g/mol. The van der Waals surface area contributed by atoms with Crippen molar-refractivity contribution in [3.05, 3.63) is 0 Å². The van der Waals surface area contributed by atoms with Gasteiger partial charge in [-0.3, -0.25) is 0 Å². The number of unbranched alkanes of at least 4 members (excludes halogenated alkanes) is 1. The smallest absolute Gasteiger partial charge is 0.0622 e. The van der Waals surface area contributed by atoms with E-state index >= 15 is 0 Å². The molecular weight excluding hydrogens is 160 g/mol. The van der Waals surface area contributed by atoms with E-state index in [1.165, 1.54) is 32.4 Å². The first-order valence-electron chi connectivity index (χ1n) is 5.42. The zero-order chi connectivity index (χ0) is 9.52. The molecule has 13 heavy (non-hydrogen) atoms. The molecule has 0 radical (unpaired) electrons. The van der Waals surface area contributed by atoms with Crippen LogP contribution in [0.2, 0.25) is 0 Å². The van der Waals surface area contributed by atoms with Crippen LogP contribution in [0.15, 0.2) is 0 Å². The molecule has 1 aliphatic heterocycles. The average Bonchev–Trinajstić information content (AvgIpc) is 2.32. The molecule has 0 N–H and O–H groups in total. The molecule has 0 amide bonds. The molecule has 1 saturated heterocycles. The molecular formula is C11H20N2. The van der Waals surface area contributed by atoms with Gasteiger partial charge in [0.1, 0.15) is 0 Å². The van der Waals surface area contributed by atoms with Crippen molar-refractivity contribution in [1.82, 2.24) is 4.90 Å². The normalized spacial score (nSPS) is 25.1. The number of nitrogens with zero attached hydrogens (tertiary/aromatic N) is 2. The minimum Gasteiger partial charge on any atom is -0.303 e. The van der Waals surface area contributed by atoms with Crippen molar-refractivity contribution in [1.29, 1.82) is 5.26 Å². The summed E-state index contributed by atoms with van der Waals surface area (Å²) in [6.07, 6.45) is 5.83. The summed E-state index contributed by atoms with van der Waals surface area (Å²) in [6.45, 7) is 5.96. The summed E-state index contributed by atoms with van der Waals surface area (Å²) >= 11 is 0. The Bertz CT molecular complexity index is 171. The van der Waals surface area contributed by atoms with Gasteiger partial charge in [-0.1, -0.05) is 6.92 Å². The molecule has 0 spiro atoms. The Morgan fingerprint density at radius 2 is 2.23 bits per heavy atom. The number of rotatable bonds is 3. The van der Waals surface area contributed by atoms with Crippen molar-refractivity contribution >= 4 is 0 Å². The Kier molecular flexibility index (Phi) is 4.85. The maximum atomic E-state index is 8.42. The lowest BCUT2D eigenvalue weighted by Crippen LogP contribution is -2.25. The molecule has 2 nitrogen and oxygen atoms in total. The largest absolute Gasteiger partial charge is 0.303 e. The van der Waals surface area contributed by atoms with E-state index < -0.39 is 0 Å². The van der Waals surface area contributed by atoms with Crippen LogP contribution in [-0.2, 0) is 0 Å². The lowest BCUT2D eigenvalue weighted by atomic mass is 10.0. The molecule has 2 heteroatoms. The van der Waals surface area contributed by atoms with Crippen LogP contribution < -0.4 is 0 Å². The third kappa shape index (κ3) is 4.28. The van der Waals surface area contributed by atoms with Gasteiger partial charge < -0.3 is 4.90 Å². The highest BCUT2D eigenvalue weighted by Gasteiger charge is 2.12. The van der Waals surface area contributed by atoms with Crippen molar-refractivity contribution in [3.63, 3.8) is 0 Å². The van der Waals surface area contributed by atoms with Crippen LogP contribution in [0.1, 0.15) is 39.0 Å². The van der Waals surface area contributed by atoms with Gasteiger partial charge in [0.15, 0.2) is 0 Å². The second-order valence-corrected chi connectivity index (χ2v) is 4.14. The number of hydrogen-bond donors (Lipinski definition) is 0. The summed E-state index contributed by atoms with van der Waals surface area (Å²) in [7, 11) is 0. The molecule has 0 aromatic rings. The lowest BCUT2D eigenvalue weighted by molar-refractivity contribution is 0.279. The van der Waals surface area contributed by atoms with Crippen LogP contribution in [-0.4, -0.2) is 24.5 Å². The predicted molar refractivity (Wildman–Crippen MR) is 54.3 cm³/mol. The van der Waals surface area contributed by atoms with Crippen molar-refractivity contribution in [2.24, 2.45) is 5.92 Å². The van der Waals surface area contributed by atoms with Crippen molar-refractivity contribution in [3.8, 4) is 6.07 Å². The van der Waals surface area contributed by atoms with E-state index in [1.54, 1.807) is 0 Å². The fourth-order valence-corrected chi connectivity index (χ4v) is 1.93. The summed E-state index contributed by atoms with van der Waals surface area (Å²) in [6, 6.07) is 2.21. The first-order chi connectivity index (χ1) is 6.33. The van der Waals surface area contributed by atoms with E-state index in [4.69, 9.17) is 5.26 Å². The second-order valence-electron chi connectivity index (χ2n) is 4.14. The van der Waals surface area contributed by atoms with Crippen molar-refractivity contribution in [2.45, 2.75) is 39.0 Å². The third-order valence-electron chi connectivity index (χ3n) is 2.87. The van der Waals surface area contributed by atoms with Crippen molar-refractivity contribution in [2.75, 3.05) is 19.6 Å². The van der Waals surface area contributed by atoms with E-state index in [2.05, 4.69) is 17.9 Å². The van der Waals surface area contributed by atoms with Gasteiger partial charge in [0, 0.05) is 6.42 Å². The molecule has 0 aromatic heterocycles. The quantitative estimate of drug-likeness (QED) is 0.624. The highest BCUT2D eigenvalue weighted by atomic mass is 15.1. The fraction of sp³-hybridized carbons (Fsp3) is 0.909. The topological polar surface area (TPSA) is 27.0 Å². The summed E-state index contributed by atoms with van der Waals surface area (Å²) in [4.78, 5) is 2.51. The van der Waals surface area contributed by atoms with Gasteiger partial charge in [-0.15, -0.1) is 0 Å². The van der Waals surface area contributed by atoms with E-state index in [1.807, 2.05) is 0 Å². The monoisotopic (exact) mass is 180 g/mol. The molecule has 1 heterocycles. The number of likely N-dealkylation sites (tertiary alicyclic amines) is 1. The van der Waals surface area contributed by atoms with Crippen LogP contribution in [0.4, 0.5) is 0 Å². The third-order valence-corrected chi connectivity index (χ3v) is 2.87. The van der Waals surface area contributed by atoms with E-state index in [9.17, 15) is 0 Å². The molecule has 1 unspecified atom stereocenters. The first kappa shape index (κ1) is 10.5. The molecule has 0 bridgehead atoms. The van der Waals surface area contributed by atoms with Crippen molar-refractivity contribution < 1.29 is 0 Å². The minimum atomic E-state index is 0.714. The highest BCUT2D eigenvalue weighted by Crippen LogP contribution is 2.16. The van der Waals surface area contributed by atoms with Gasteiger partial charge in [0.2, 0.25) is 0 Å². The number of hydrogen-bond acceptors (Lipinski definition) is 2. The van der Waals surface area contributed by atoms with Crippen LogP contribution in [0, 0.1) is 17.2 Å². The molecule has 1 aliphatic rings. The van der Waals surface area contributed by atoms with Crippen LogP contribution in [0.3, 0.4) is 0 Å². The van der Waals surface area contributed by atoms with E-state index in [-0.39, 0.29) is 0 Å². The Labute approximate surface area is 81.5 Å². The molecule has 0 aliphatic carbocycles. The first-order valence-corrected chi connectivity index (χ1v) is 5.42. The van der Waals surface area contributed by atoms with E-state index in [0.29, 0.717) is 6.42 Å². The van der Waals surface area contributed by atoms with Crippen LogP contribution in [0.25, 0.3) is 0 Å². The standard InChI is InChI=1S/C11H20N2/c1-11-5-4-9-13(10-6-11)8-3-2-7-12/h11H,2-6,8-10H2,1H3. The van der Waals surface area contributed by atoms with Gasteiger partial charge >= 0.3 is 0 Å². The van der Waals surface area contributed by atoms with E-state index in [0.717, 1.165) is 18.9 Å². The molecule has 1 rings (SSSR count). The maximum Gasteiger partial charge on any atom is 0.0622 e. The summed E-state index contributed by atoms with van der Waals surface area (Å²) in [5, 5.41) is 8.42. The molecule has 0 aromatic carbocycles. The molecule has 1 fully saturated rings. The fourth-order valence-electron chi connectivity index (χ4n) is 1.93. The van der Waals surface area contributed by atoms with Crippen LogP contribution in [0.5, 0.6) is 0 Å². The lowest BCUT2D eigenvalue weighted by Gasteiger charge is -2.18. The van der Waals surface area contributed by atoms with Crippen LogP contribution >= 0.6 is 0 Å². The van der Waals surface area contributed by atoms with Gasteiger partial charge in [0.25, 0.3) is 0 Å². The van der Waals surface area contributed by atoms with Gasteiger partial charge in [-0.05, 0) is 51.2 Å². The van der Waals surface area contributed by atoms with Gasteiger partial charge in [-0.2, -0.15) is 5.26 Å². The van der Waals surface area contributed by atoms with Gasteiger partial charge in [0.05, 0.1) is 6.07 Å². The summed E-state index contributed by atoms with van der Waals surface area (Å²) in [5.74, 6) is 0.904. The summed E-state index contributed by atoms with van der Waals surface area (Å²) in [5.41, 5.74) is 0. The molecule has 74 valence electrons. The Morgan fingerprint density at radius 3 is 3.00 bits per heavy atom. The summed E-state index contributed by atoms with van der Waals surface area (Å²) < 4.78 is 0. The molecule has 1 atom stereocenters. The van der Waals surface area contributed by atoms with Gasteiger partial charge in [-0.25, -0.2) is 0 Å². The SMILES string of the molecule is CC1CCCN(CCCC#N)CC1. The maximum absolute atomic E-state index is 8.42.